The second-order valence-corrected chi connectivity index (χ2v) is 6.32. The number of hydrogen-bond acceptors (Lipinski definition) is 5. The molecule has 0 saturated heterocycles. The van der Waals surface area contributed by atoms with Crippen molar-refractivity contribution < 1.29 is 14.4 Å². The largest absolute Gasteiger partial charge is 0.508 e. The zero-order valence-corrected chi connectivity index (χ0v) is 14.8. The molecular weight excluding hydrogens is 354 g/mol. The monoisotopic (exact) mass is 367 g/mol. The molecule has 0 aliphatic carbocycles. The summed E-state index contributed by atoms with van der Waals surface area (Å²) in [6.07, 6.45) is 0.802. The number of fused-ring (bicyclic) bond motifs is 1. The lowest BCUT2D eigenvalue weighted by atomic mass is 10.1. The first kappa shape index (κ1) is 16.4. The fourth-order valence-corrected chi connectivity index (χ4v) is 3.34. The molecule has 0 atom stereocenters. The van der Waals surface area contributed by atoms with Gasteiger partial charge in [-0.1, -0.05) is 16.8 Å². The number of carbonyl (C=O) groups is 1. The van der Waals surface area contributed by atoms with Gasteiger partial charge in [-0.3, -0.25) is 9.36 Å². The average Bonchev–Trinajstić information content (AvgIpc) is 3.11. The molecule has 1 aromatic carbocycles. The van der Waals surface area contributed by atoms with Crippen molar-refractivity contribution in [3.63, 3.8) is 0 Å². The van der Waals surface area contributed by atoms with E-state index >= 15 is 0 Å². The first-order valence-electron chi connectivity index (χ1n) is 7.90. The van der Waals surface area contributed by atoms with Gasteiger partial charge < -0.3 is 9.63 Å². The number of aryl methyl sites for hydroxylation is 2. The van der Waals surface area contributed by atoms with Crippen molar-refractivity contribution in [3.05, 3.63) is 58.6 Å². The quantitative estimate of drug-likeness (QED) is 0.427. The van der Waals surface area contributed by atoms with Gasteiger partial charge in [0.15, 0.2) is 6.29 Å². The summed E-state index contributed by atoms with van der Waals surface area (Å²) in [5, 5.41) is 14.6. The number of pyridine rings is 1. The summed E-state index contributed by atoms with van der Waals surface area (Å²) in [6, 6.07) is 10.1. The molecule has 1 N–H and O–H groups in total. The van der Waals surface area contributed by atoms with Gasteiger partial charge in [-0.05, 0) is 50.2 Å². The predicted octanol–water partition coefficient (Wildman–Crippen LogP) is 4.47. The molecule has 0 fully saturated rings. The number of phenols is 1. The van der Waals surface area contributed by atoms with Crippen molar-refractivity contribution >= 4 is 28.9 Å². The lowest BCUT2D eigenvalue weighted by Crippen LogP contribution is -2.00. The molecule has 0 unspecified atom stereocenters. The maximum atomic E-state index is 12.0. The summed E-state index contributed by atoms with van der Waals surface area (Å²) >= 11 is 6.11. The highest BCUT2D eigenvalue weighted by molar-refractivity contribution is 6.30. The standard InChI is InChI=1S/C19H14ClN3O3/c1-10-17(11(2)26-22-10)18-15(9-24)14-7-8-16(20)21-19(14)23(18)12-3-5-13(25)6-4-12/h3-9,25H,1-2H3. The maximum Gasteiger partial charge on any atom is 0.152 e. The Labute approximate surface area is 153 Å². The van der Waals surface area contributed by atoms with E-state index in [9.17, 15) is 9.90 Å². The molecule has 130 valence electrons. The van der Waals surface area contributed by atoms with E-state index in [0.29, 0.717) is 38.9 Å². The zero-order chi connectivity index (χ0) is 18.4. The van der Waals surface area contributed by atoms with Gasteiger partial charge in [-0.15, -0.1) is 0 Å². The summed E-state index contributed by atoms with van der Waals surface area (Å²) in [5.74, 6) is 0.741. The summed E-state index contributed by atoms with van der Waals surface area (Å²) in [7, 11) is 0. The number of rotatable bonds is 3. The minimum absolute atomic E-state index is 0.144. The van der Waals surface area contributed by atoms with Crippen LogP contribution in [0.4, 0.5) is 0 Å². The number of carbonyl (C=O) groups excluding carboxylic acids is 1. The van der Waals surface area contributed by atoms with Crippen LogP contribution in [-0.4, -0.2) is 26.1 Å². The minimum atomic E-state index is 0.144. The van der Waals surface area contributed by atoms with Gasteiger partial charge in [-0.25, -0.2) is 4.98 Å². The molecule has 0 spiro atoms. The topological polar surface area (TPSA) is 81.2 Å². The molecular formula is C19H14ClN3O3. The molecule has 0 amide bonds. The van der Waals surface area contributed by atoms with Gasteiger partial charge in [0.1, 0.15) is 22.3 Å². The lowest BCUT2D eigenvalue weighted by Gasteiger charge is -2.11. The number of hydrogen-bond donors (Lipinski definition) is 1. The van der Waals surface area contributed by atoms with Gasteiger partial charge >= 0.3 is 0 Å². The Balaban J connectivity index is 2.20. The highest BCUT2D eigenvalue weighted by Crippen LogP contribution is 2.38. The number of nitrogens with zero attached hydrogens (tertiary/aromatic N) is 3. The highest BCUT2D eigenvalue weighted by Gasteiger charge is 2.25. The molecule has 4 aromatic rings. The van der Waals surface area contributed by atoms with Crippen molar-refractivity contribution in [1.29, 1.82) is 0 Å². The Hall–Kier alpha value is -3.12. The Morgan fingerprint density at radius 3 is 2.50 bits per heavy atom. The summed E-state index contributed by atoms with van der Waals surface area (Å²) in [5.41, 5.74) is 3.78. The third-order valence-electron chi connectivity index (χ3n) is 4.32. The molecule has 3 aromatic heterocycles. The molecule has 0 aliphatic heterocycles. The number of halogens is 1. The second-order valence-electron chi connectivity index (χ2n) is 5.94. The molecule has 6 nitrogen and oxygen atoms in total. The number of benzene rings is 1. The first-order valence-corrected chi connectivity index (χ1v) is 8.28. The molecule has 0 saturated carbocycles. The summed E-state index contributed by atoms with van der Waals surface area (Å²) in [4.78, 5) is 16.4. The third kappa shape index (κ3) is 2.38. The third-order valence-corrected chi connectivity index (χ3v) is 4.53. The molecule has 0 radical (unpaired) electrons. The van der Waals surface area contributed by atoms with Crippen LogP contribution in [0.5, 0.6) is 5.75 Å². The van der Waals surface area contributed by atoms with Gasteiger partial charge in [0, 0.05) is 11.1 Å². The fraction of sp³-hybridized carbons (Fsp3) is 0.105. The van der Waals surface area contributed by atoms with E-state index in [2.05, 4.69) is 10.1 Å². The second kappa shape index (κ2) is 6.00. The number of aromatic nitrogens is 3. The molecule has 0 aliphatic rings. The van der Waals surface area contributed by atoms with Crippen molar-refractivity contribution in [2.45, 2.75) is 13.8 Å². The van der Waals surface area contributed by atoms with E-state index in [1.807, 2.05) is 11.5 Å². The van der Waals surface area contributed by atoms with E-state index < -0.39 is 0 Å². The Morgan fingerprint density at radius 1 is 1.15 bits per heavy atom. The van der Waals surface area contributed by atoms with Crippen LogP contribution >= 0.6 is 11.6 Å². The van der Waals surface area contributed by atoms with Crippen molar-refractivity contribution in [1.82, 2.24) is 14.7 Å². The Bertz CT molecular complexity index is 1120. The van der Waals surface area contributed by atoms with Crippen molar-refractivity contribution in [2.75, 3.05) is 0 Å². The van der Waals surface area contributed by atoms with E-state index in [4.69, 9.17) is 16.1 Å². The van der Waals surface area contributed by atoms with Crippen LogP contribution in [0.2, 0.25) is 5.15 Å². The minimum Gasteiger partial charge on any atom is -0.508 e. The van der Waals surface area contributed by atoms with Crippen LogP contribution in [0.25, 0.3) is 28.0 Å². The normalized spacial score (nSPS) is 11.2. The van der Waals surface area contributed by atoms with Gasteiger partial charge in [0.2, 0.25) is 0 Å². The van der Waals surface area contributed by atoms with E-state index in [1.54, 1.807) is 43.3 Å². The predicted molar refractivity (Wildman–Crippen MR) is 98.1 cm³/mol. The molecule has 0 bridgehead atoms. The highest BCUT2D eigenvalue weighted by atomic mass is 35.5. The number of aldehydes is 1. The van der Waals surface area contributed by atoms with Crippen LogP contribution in [-0.2, 0) is 0 Å². The maximum absolute atomic E-state index is 12.0. The SMILES string of the molecule is Cc1noc(C)c1-c1c(C=O)c2ccc(Cl)nc2n1-c1ccc(O)cc1. The van der Waals surface area contributed by atoms with Crippen molar-refractivity contribution in [2.24, 2.45) is 0 Å². The van der Waals surface area contributed by atoms with Crippen LogP contribution in [0.3, 0.4) is 0 Å². The Morgan fingerprint density at radius 2 is 1.88 bits per heavy atom. The molecule has 7 heteroatoms. The van der Waals surface area contributed by atoms with E-state index in [1.165, 1.54) is 0 Å². The molecule has 26 heavy (non-hydrogen) atoms. The van der Waals surface area contributed by atoms with Gasteiger partial charge in [0.25, 0.3) is 0 Å². The fourth-order valence-electron chi connectivity index (χ4n) is 3.20. The van der Waals surface area contributed by atoms with E-state index in [0.717, 1.165) is 17.5 Å². The van der Waals surface area contributed by atoms with Gasteiger partial charge in [-0.2, -0.15) is 0 Å². The van der Waals surface area contributed by atoms with Crippen LogP contribution in [0, 0.1) is 13.8 Å². The Kier molecular flexibility index (Phi) is 3.77. The van der Waals surface area contributed by atoms with E-state index in [-0.39, 0.29) is 5.75 Å². The van der Waals surface area contributed by atoms with Crippen LogP contribution < -0.4 is 0 Å². The lowest BCUT2D eigenvalue weighted by molar-refractivity contribution is 0.112. The average molecular weight is 368 g/mol. The zero-order valence-electron chi connectivity index (χ0n) is 14.0. The van der Waals surface area contributed by atoms with Crippen molar-refractivity contribution in [3.8, 4) is 22.7 Å². The number of phenolic OH excluding ortho intramolecular Hbond substituents is 1. The molecule has 4 rings (SSSR count). The van der Waals surface area contributed by atoms with Crippen LogP contribution in [0.15, 0.2) is 40.9 Å². The van der Waals surface area contributed by atoms with Gasteiger partial charge in [0.05, 0.1) is 22.5 Å². The molecule has 3 heterocycles. The summed E-state index contributed by atoms with van der Waals surface area (Å²) in [6.45, 7) is 3.61. The smallest absolute Gasteiger partial charge is 0.152 e. The van der Waals surface area contributed by atoms with Crippen LogP contribution in [0.1, 0.15) is 21.8 Å². The first-order chi connectivity index (χ1) is 12.5. The number of aromatic hydroxyl groups is 1. The summed E-state index contributed by atoms with van der Waals surface area (Å²) < 4.78 is 7.14.